The van der Waals surface area contributed by atoms with Gasteiger partial charge in [-0.15, -0.1) is 0 Å². The molecule has 3 nitrogen and oxygen atoms in total. The van der Waals surface area contributed by atoms with Crippen LogP contribution < -0.4 is 4.74 Å². The lowest BCUT2D eigenvalue weighted by Gasteiger charge is -2.03. The van der Waals surface area contributed by atoms with Gasteiger partial charge in [0.2, 0.25) is 0 Å². The summed E-state index contributed by atoms with van der Waals surface area (Å²) in [7, 11) is 0. The molecule has 0 radical (unpaired) electrons. The van der Waals surface area contributed by atoms with E-state index in [1.54, 1.807) is 12.4 Å². The van der Waals surface area contributed by atoms with Crippen molar-refractivity contribution in [2.45, 2.75) is 12.8 Å². The van der Waals surface area contributed by atoms with Gasteiger partial charge in [0.05, 0.1) is 5.92 Å². The summed E-state index contributed by atoms with van der Waals surface area (Å²) in [5.74, 6) is 0.634. The maximum absolute atomic E-state index is 11.5. The second-order valence-corrected chi connectivity index (χ2v) is 4.88. The van der Waals surface area contributed by atoms with E-state index in [-0.39, 0.29) is 11.9 Å². The third-order valence-electron chi connectivity index (χ3n) is 3.18. The summed E-state index contributed by atoms with van der Waals surface area (Å²) < 4.78 is 5.28. The molecular weight excluding hydrogens is 250 g/mol. The van der Waals surface area contributed by atoms with Crippen LogP contribution in [0, 0.1) is 5.92 Å². The molecule has 1 fully saturated rings. The molecule has 0 amide bonds. The summed E-state index contributed by atoms with van der Waals surface area (Å²) in [6, 6.07) is 11.4. The molecule has 1 aromatic heterocycles. The third-order valence-corrected chi connectivity index (χ3v) is 3.18. The van der Waals surface area contributed by atoms with Gasteiger partial charge in [-0.1, -0.05) is 24.3 Å². The van der Waals surface area contributed by atoms with Gasteiger partial charge in [-0.3, -0.25) is 9.78 Å². The van der Waals surface area contributed by atoms with E-state index in [1.165, 1.54) is 0 Å². The highest BCUT2D eigenvalue weighted by atomic mass is 16.5. The number of benzene rings is 1. The van der Waals surface area contributed by atoms with Crippen molar-refractivity contribution in [1.82, 2.24) is 4.98 Å². The number of carbonyl (C=O) groups excluding carboxylic acids is 1. The molecule has 2 aromatic rings. The van der Waals surface area contributed by atoms with E-state index in [0.717, 1.165) is 24.0 Å². The van der Waals surface area contributed by atoms with Gasteiger partial charge in [0.25, 0.3) is 0 Å². The first kappa shape index (κ1) is 12.6. The minimum atomic E-state index is -0.106. The topological polar surface area (TPSA) is 39.2 Å². The van der Waals surface area contributed by atoms with Crippen molar-refractivity contribution in [3.05, 3.63) is 59.9 Å². The third kappa shape index (κ3) is 3.32. The fourth-order valence-corrected chi connectivity index (χ4v) is 1.83. The van der Waals surface area contributed by atoms with Gasteiger partial charge in [0.1, 0.15) is 5.75 Å². The number of aromatic nitrogens is 1. The minimum Gasteiger partial charge on any atom is -0.426 e. The Labute approximate surface area is 117 Å². The van der Waals surface area contributed by atoms with Crippen LogP contribution in [0.1, 0.15) is 24.0 Å². The molecule has 3 rings (SSSR count). The van der Waals surface area contributed by atoms with E-state index in [4.69, 9.17) is 4.74 Å². The first-order chi connectivity index (χ1) is 9.81. The van der Waals surface area contributed by atoms with Crippen molar-refractivity contribution in [2.24, 2.45) is 5.92 Å². The Balaban J connectivity index is 1.63. The molecule has 1 heterocycles. The van der Waals surface area contributed by atoms with Crippen molar-refractivity contribution in [3.63, 3.8) is 0 Å². The van der Waals surface area contributed by atoms with E-state index in [1.807, 2.05) is 48.6 Å². The number of esters is 1. The molecule has 3 heteroatoms. The first-order valence-corrected chi connectivity index (χ1v) is 6.71. The molecule has 0 spiro atoms. The van der Waals surface area contributed by atoms with Gasteiger partial charge < -0.3 is 4.74 Å². The number of rotatable bonds is 4. The summed E-state index contributed by atoms with van der Waals surface area (Å²) in [6.45, 7) is 0. The molecule has 1 aromatic carbocycles. The monoisotopic (exact) mass is 265 g/mol. The van der Waals surface area contributed by atoms with E-state index >= 15 is 0 Å². The van der Waals surface area contributed by atoms with Gasteiger partial charge >= 0.3 is 5.97 Å². The van der Waals surface area contributed by atoms with E-state index in [2.05, 4.69) is 4.98 Å². The van der Waals surface area contributed by atoms with Crippen molar-refractivity contribution in [3.8, 4) is 5.75 Å². The normalized spacial score (nSPS) is 14.4. The summed E-state index contributed by atoms with van der Waals surface area (Å²) in [4.78, 5) is 15.5. The summed E-state index contributed by atoms with van der Waals surface area (Å²) >= 11 is 0. The SMILES string of the molecule is O=C(Oc1ccc(/C=C/c2ccncc2)cc1)C1CC1. The van der Waals surface area contributed by atoms with Crippen LogP contribution in [0.5, 0.6) is 5.75 Å². The van der Waals surface area contributed by atoms with Crippen LogP contribution in [-0.4, -0.2) is 11.0 Å². The average Bonchev–Trinajstić information content (AvgIpc) is 3.32. The Hall–Kier alpha value is -2.42. The molecule has 20 heavy (non-hydrogen) atoms. The molecule has 0 saturated heterocycles. The van der Waals surface area contributed by atoms with Gasteiger partial charge in [0, 0.05) is 12.4 Å². The van der Waals surface area contributed by atoms with E-state index in [0.29, 0.717) is 5.75 Å². The number of pyridine rings is 1. The molecule has 0 aliphatic heterocycles. The molecule has 1 aliphatic rings. The Kier molecular flexibility index (Phi) is 3.59. The molecule has 1 saturated carbocycles. The van der Waals surface area contributed by atoms with Crippen LogP contribution in [0.2, 0.25) is 0 Å². The van der Waals surface area contributed by atoms with Gasteiger partial charge in [0.15, 0.2) is 0 Å². The van der Waals surface area contributed by atoms with Crippen LogP contribution in [0.4, 0.5) is 0 Å². The smallest absolute Gasteiger partial charge is 0.314 e. The maximum Gasteiger partial charge on any atom is 0.314 e. The molecule has 100 valence electrons. The van der Waals surface area contributed by atoms with Crippen LogP contribution >= 0.6 is 0 Å². The molecule has 1 aliphatic carbocycles. The minimum absolute atomic E-state index is 0.106. The average molecular weight is 265 g/mol. The zero-order chi connectivity index (χ0) is 13.8. The Bertz CT molecular complexity index is 613. The number of hydrogen-bond donors (Lipinski definition) is 0. The van der Waals surface area contributed by atoms with E-state index < -0.39 is 0 Å². The fraction of sp³-hybridized carbons (Fsp3) is 0.176. The fourth-order valence-electron chi connectivity index (χ4n) is 1.83. The standard InChI is InChI=1S/C17H15NO2/c19-17(15-5-6-15)20-16-7-3-13(4-8-16)1-2-14-9-11-18-12-10-14/h1-4,7-12,15H,5-6H2/b2-1+. The summed E-state index contributed by atoms with van der Waals surface area (Å²) in [6.07, 6.45) is 9.49. The second-order valence-electron chi connectivity index (χ2n) is 4.88. The number of carbonyl (C=O) groups is 1. The number of hydrogen-bond acceptors (Lipinski definition) is 3. The number of nitrogens with zero attached hydrogens (tertiary/aromatic N) is 1. The summed E-state index contributed by atoms with van der Waals surface area (Å²) in [5.41, 5.74) is 2.16. The molecule has 0 unspecified atom stereocenters. The Morgan fingerprint density at radius 1 is 1.00 bits per heavy atom. The van der Waals surface area contributed by atoms with Crippen LogP contribution in [-0.2, 0) is 4.79 Å². The lowest BCUT2D eigenvalue weighted by Crippen LogP contribution is -2.09. The highest BCUT2D eigenvalue weighted by Gasteiger charge is 2.31. The quantitative estimate of drug-likeness (QED) is 0.626. The Morgan fingerprint density at radius 2 is 1.60 bits per heavy atom. The van der Waals surface area contributed by atoms with Crippen LogP contribution in [0.3, 0.4) is 0 Å². The lowest BCUT2D eigenvalue weighted by molar-refractivity contribution is -0.135. The van der Waals surface area contributed by atoms with Crippen molar-refractivity contribution in [2.75, 3.05) is 0 Å². The lowest BCUT2D eigenvalue weighted by atomic mass is 10.1. The zero-order valence-corrected chi connectivity index (χ0v) is 11.0. The van der Waals surface area contributed by atoms with E-state index in [9.17, 15) is 4.79 Å². The predicted molar refractivity (Wildman–Crippen MR) is 78.0 cm³/mol. The highest BCUT2D eigenvalue weighted by Crippen LogP contribution is 2.30. The van der Waals surface area contributed by atoms with Crippen LogP contribution in [0.15, 0.2) is 48.8 Å². The Morgan fingerprint density at radius 3 is 2.20 bits per heavy atom. The second kappa shape index (κ2) is 5.70. The first-order valence-electron chi connectivity index (χ1n) is 6.71. The summed E-state index contributed by atoms with van der Waals surface area (Å²) in [5, 5.41) is 0. The van der Waals surface area contributed by atoms with Crippen molar-refractivity contribution < 1.29 is 9.53 Å². The van der Waals surface area contributed by atoms with Gasteiger partial charge in [-0.25, -0.2) is 0 Å². The molecule has 0 atom stereocenters. The van der Waals surface area contributed by atoms with Gasteiger partial charge in [-0.2, -0.15) is 0 Å². The van der Waals surface area contributed by atoms with Crippen LogP contribution in [0.25, 0.3) is 12.2 Å². The molecule has 0 bridgehead atoms. The maximum atomic E-state index is 11.5. The molecule has 0 N–H and O–H groups in total. The van der Waals surface area contributed by atoms with Crippen molar-refractivity contribution in [1.29, 1.82) is 0 Å². The predicted octanol–water partition coefficient (Wildman–Crippen LogP) is 3.57. The number of ether oxygens (including phenoxy) is 1. The zero-order valence-electron chi connectivity index (χ0n) is 11.0. The highest BCUT2D eigenvalue weighted by molar-refractivity contribution is 5.77. The largest absolute Gasteiger partial charge is 0.426 e. The van der Waals surface area contributed by atoms with Gasteiger partial charge in [-0.05, 0) is 48.2 Å². The molecular formula is C17H15NO2. The van der Waals surface area contributed by atoms with Crippen molar-refractivity contribution >= 4 is 18.1 Å².